The third-order valence-electron chi connectivity index (χ3n) is 16.8. The average Bonchev–Trinajstić information content (AvgIpc) is 4.26. The van der Waals surface area contributed by atoms with Crippen LogP contribution in [0.15, 0.2) is 111 Å². The molecule has 4 aromatic carbocycles. The molecular formula is C68H86N4O9. The Bertz CT molecular complexity index is 3350. The molecule has 0 unspecified atom stereocenters. The maximum absolute atomic E-state index is 13.7. The summed E-state index contributed by atoms with van der Waals surface area (Å²) in [5.41, 5.74) is -3.64. The van der Waals surface area contributed by atoms with E-state index in [-0.39, 0.29) is 54.5 Å². The summed E-state index contributed by atoms with van der Waals surface area (Å²) in [4.78, 5) is 109. The Morgan fingerprint density at radius 2 is 0.457 bits per heavy atom. The molecule has 13 heteroatoms. The highest BCUT2D eigenvalue weighted by Crippen LogP contribution is 2.26. The minimum atomic E-state index is -0.600. The minimum Gasteiger partial charge on any atom is -0.457 e. The van der Waals surface area contributed by atoms with E-state index < -0.39 is 44.5 Å². The SMILES string of the molecule is CCCCCCCCCCCCCCCCCCn1c(=O)c2cc3c(=O)n(-c4ccc(Oc5ccc(-n6c(=O)c7cc8c(=O)n(CCCCCCCCCCCCCCCCCC)c(=O)c8cc7c6=O)cc5)cc4)c(=O)c3cc2c1=O. The number of hydrogen-bond acceptors (Lipinski definition) is 9. The highest BCUT2D eigenvalue weighted by atomic mass is 16.5. The first-order chi connectivity index (χ1) is 39.5. The lowest BCUT2D eigenvalue weighted by Gasteiger charge is -2.08. The van der Waals surface area contributed by atoms with Crippen molar-refractivity contribution in [3.63, 3.8) is 0 Å². The van der Waals surface area contributed by atoms with Crippen molar-refractivity contribution in [3.05, 3.63) is 156 Å². The van der Waals surface area contributed by atoms with Crippen molar-refractivity contribution in [1.29, 1.82) is 0 Å². The molecule has 0 saturated heterocycles. The molecule has 0 N–H and O–H groups in total. The van der Waals surface area contributed by atoms with E-state index in [9.17, 15) is 38.4 Å². The molecule has 0 bridgehead atoms. The van der Waals surface area contributed by atoms with Gasteiger partial charge in [-0.3, -0.25) is 47.5 Å². The van der Waals surface area contributed by atoms with Gasteiger partial charge in [-0.05, 0) is 85.6 Å². The topological polar surface area (TPSA) is 166 Å². The first kappa shape index (κ1) is 60.3. The van der Waals surface area contributed by atoms with E-state index in [0.29, 0.717) is 37.4 Å². The van der Waals surface area contributed by atoms with Crippen LogP contribution in [-0.4, -0.2) is 18.3 Å². The minimum absolute atomic E-state index is 0.0660. The van der Waals surface area contributed by atoms with Crippen molar-refractivity contribution in [2.75, 3.05) is 0 Å². The lowest BCUT2D eigenvalue weighted by atomic mass is 10.0. The molecule has 0 radical (unpaired) electrons. The van der Waals surface area contributed by atoms with Gasteiger partial charge in [-0.2, -0.15) is 0 Å². The molecule has 0 atom stereocenters. The normalized spacial score (nSPS) is 11.9. The molecular weight excluding hydrogens is 1020 g/mol. The van der Waals surface area contributed by atoms with Crippen LogP contribution in [0, 0.1) is 0 Å². The molecule has 0 spiro atoms. The van der Waals surface area contributed by atoms with E-state index in [1.54, 1.807) is 48.5 Å². The predicted molar refractivity (Wildman–Crippen MR) is 332 cm³/mol. The summed E-state index contributed by atoms with van der Waals surface area (Å²) in [7, 11) is 0. The van der Waals surface area contributed by atoms with E-state index in [1.807, 2.05) is 0 Å². The Kier molecular flexibility index (Phi) is 22.6. The number of fused-ring (bicyclic) bond motifs is 4. The molecule has 0 aliphatic carbocycles. The van der Waals surface area contributed by atoms with Crippen LogP contribution in [0.25, 0.3) is 54.5 Å². The van der Waals surface area contributed by atoms with Crippen LogP contribution < -0.4 is 49.2 Å². The standard InChI is InChI=1S/C68H86N4O9/c1-3-5-7-9-11-13-15-17-19-21-23-25-27-29-31-33-43-69-61(73)53-45-57-58(46-54(53)62(69)74)66(78)71(65(57)77)49-35-39-51(40-36-49)81-52-41-37-50(38-42-52)72-67(79)59-47-55-56(48-60(59)68(72)80)64(76)70(63(55)75)44-34-32-30-28-26-24-22-20-18-16-14-12-10-8-6-4-2/h35-42,45-48H,3-34,43-44H2,1-2H3. The maximum atomic E-state index is 13.7. The molecule has 0 aliphatic rings. The highest BCUT2D eigenvalue weighted by molar-refractivity contribution is 5.99. The third kappa shape index (κ3) is 15.0. The van der Waals surface area contributed by atoms with Gasteiger partial charge in [-0.25, -0.2) is 9.13 Å². The van der Waals surface area contributed by atoms with E-state index in [1.165, 1.54) is 187 Å². The first-order valence-corrected chi connectivity index (χ1v) is 31.3. The van der Waals surface area contributed by atoms with Gasteiger partial charge in [0.05, 0.1) is 54.5 Å². The molecule has 432 valence electrons. The quantitative estimate of drug-likeness (QED) is 0.0342. The molecule has 0 saturated carbocycles. The summed E-state index contributed by atoms with van der Waals surface area (Å²) >= 11 is 0. The van der Waals surface area contributed by atoms with Crippen molar-refractivity contribution in [2.24, 2.45) is 0 Å². The molecule has 13 nitrogen and oxygen atoms in total. The molecule has 0 amide bonds. The fourth-order valence-corrected chi connectivity index (χ4v) is 12.0. The second-order valence-corrected chi connectivity index (χ2v) is 23.0. The Morgan fingerprint density at radius 1 is 0.259 bits per heavy atom. The lowest BCUT2D eigenvalue weighted by Crippen LogP contribution is -2.25. The molecule has 8 aromatic rings. The van der Waals surface area contributed by atoms with E-state index in [4.69, 9.17) is 4.74 Å². The van der Waals surface area contributed by atoms with Gasteiger partial charge in [0.25, 0.3) is 44.5 Å². The van der Waals surface area contributed by atoms with Crippen molar-refractivity contribution < 1.29 is 4.74 Å². The van der Waals surface area contributed by atoms with Crippen LogP contribution >= 0.6 is 0 Å². The number of hydrogen-bond donors (Lipinski definition) is 0. The zero-order chi connectivity index (χ0) is 57.1. The number of benzene rings is 4. The fraction of sp³-hybridized carbons (Fsp3) is 0.529. The van der Waals surface area contributed by atoms with Gasteiger partial charge in [0.2, 0.25) is 0 Å². The lowest BCUT2D eigenvalue weighted by molar-refractivity contribution is 0.482. The largest absolute Gasteiger partial charge is 0.457 e. The summed E-state index contributed by atoms with van der Waals surface area (Å²) in [5.74, 6) is 0.743. The van der Waals surface area contributed by atoms with Gasteiger partial charge in [-0.1, -0.05) is 206 Å². The second-order valence-electron chi connectivity index (χ2n) is 23.0. The summed E-state index contributed by atoms with van der Waals surface area (Å²) in [5, 5.41) is 0.799. The average molecular weight is 1100 g/mol. The van der Waals surface area contributed by atoms with Gasteiger partial charge in [-0.15, -0.1) is 0 Å². The Balaban J connectivity index is 0.806. The molecule has 8 rings (SSSR count). The van der Waals surface area contributed by atoms with Crippen LogP contribution in [-0.2, 0) is 13.1 Å². The number of rotatable bonds is 38. The van der Waals surface area contributed by atoms with E-state index in [2.05, 4.69) is 13.8 Å². The number of nitrogens with zero attached hydrogens (tertiary/aromatic N) is 4. The van der Waals surface area contributed by atoms with Crippen LogP contribution in [0.2, 0.25) is 0 Å². The summed E-state index contributed by atoms with van der Waals surface area (Å²) < 4.78 is 10.6. The van der Waals surface area contributed by atoms with Gasteiger partial charge in [0.1, 0.15) is 11.5 Å². The molecule has 0 aliphatic heterocycles. The van der Waals surface area contributed by atoms with Gasteiger partial charge >= 0.3 is 0 Å². The molecule has 4 heterocycles. The number of unbranched alkanes of at least 4 members (excludes halogenated alkanes) is 30. The fourth-order valence-electron chi connectivity index (χ4n) is 12.0. The van der Waals surface area contributed by atoms with Crippen molar-refractivity contribution in [1.82, 2.24) is 18.3 Å². The number of ether oxygens (including phenoxy) is 1. The predicted octanol–water partition coefficient (Wildman–Crippen LogP) is 14.4. The summed E-state index contributed by atoms with van der Waals surface area (Å²) in [6.45, 7) is 5.10. The van der Waals surface area contributed by atoms with Crippen LogP contribution in [0.5, 0.6) is 11.5 Å². The highest BCUT2D eigenvalue weighted by Gasteiger charge is 2.22. The van der Waals surface area contributed by atoms with Gasteiger partial charge < -0.3 is 4.74 Å². The van der Waals surface area contributed by atoms with Crippen molar-refractivity contribution >= 4 is 43.1 Å². The number of aromatic nitrogens is 4. The van der Waals surface area contributed by atoms with Crippen molar-refractivity contribution in [2.45, 2.75) is 232 Å². The summed E-state index contributed by atoms with van der Waals surface area (Å²) in [6.07, 6.45) is 39.3. The smallest absolute Gasteiger partial charge is 0.266 e. The van der Waals surface area contributed by atoms with Crippen LogP contribution in [0.3, 0.4) is 0 Å². The Morgan fingerprint density at radius 3 is 0.679 bits per heavy atom. The van der Waals surface area contributed by atoms with Crippen LogP contribution in [0.1, 0.15) is 219 Å². The zero-order valence-electron chi connectivity index (χ0n) is 48.4. The Labute approximate surface area is 475 Å². The molecule has 4 aromatic heterocycles. The molecule has 81 heavy (non-hydrogen) atoms. The van der Waals surface area contributed by atoms with Crippen LogP contribution in [0.4, 0.5) is 0 Å². The first-order valence-electron chi connectivity index (χ1n) is 31.3. The van der Waals surface area contributed by atoms with E-state index >= 15 is 0 Å². The molecule has 0 fully saturated rings. The second kappa shape index (κ2) is 30.3. The van der Waals surface area contributed by atoms with Gasteiger partial charge in [0.15, 0.2) is 0 Å². The monoisotopic (exact) mass is 1100 g/mol. The van der Waals surface area contributed by atoms with Gasteiger partial charge in [0, 0.05) is 13.1 Å². The zero-order valence-corrected chi connectivity index (χ0v) is 48.4. The summed E-state index contributed by atoms with van der Waals surface area (Å²) in [6, 6.07) is 18.1. The third-order valence-corrected chi connectivity index (χ3v) is 16.8. The van der Waals surface area contributed by atoms with Crippen molar-refractivity contribution in [3.8, 4) is 22.9 Å². The maximum Gasteiger partial charge on any atom is 0.266 e. The van der Waals surface area contributed by atoms with E-state index in [0.717, 1.165) is 47.7 Å². The Hall–Kier alpha value is -6.76.